The third-order valence-electron chi connectivity index (χ3n) is 3.79. The number of hydrogen-bond donors (Lipinski definition) is 0. The molecule has 0 radical (unpaired) electrons. The van der Waals surface area contributed by atoms with Crippen LogP contribution in [0.1, 0.15) is 15.9 Å². The van der Waals surface area contributed by atoms with Crippen LogP contribution in [0.15, 0.2) is 67.8 Å². The van der Waals surface area contributed by atoms with Crippen LogP contribution in [0.25, 0.3) is 6.08 Å². The molecular weight excluding hydrogens is 356 g/mol. The van der Waals surface area contributed by atoms with Crippen molar-refractivity contribution in [1.82, 2.24) is 0 Å². The summed E-state index contributed by atoms with van der Waals surface area (Å²) in [6.07, 6.45) is 6.40. The molecule has 0 aliphatic heterocycles. The number of carbonyl (C=O) groups is 1. The van der Waals surface area contributed by atoms with E-state index in [0.29, 0.717) is 17.2 Å². The first-order valence-corrected chi connectivity index (χ1v) is 8.69. The monoisotopic (exact) mass is 380 g/mol. The first-order chi connectivity index (χ1) is 13.6. The first-order valence-electron chi connectivity index (χ1n) is 8.69. The van der Waals surface area contributed by atoms with Gasteiger partial charge in [-0.2, -0.15) is 0 Å². The Hall–Kier alpha value is -3.47. The zero-order valence-electron chi connectivity index (χ0n) is 16.1. The predicted octanol–water partition coefficient (Wildman–Crippen LogP) is 4.73. The van der Waals surface area contributed by atoms with E-state index in [1.807, 2.05) is 24.3 Å². The van der Waals surface area contributed by atoms with Gasteiger partial charge in [-0.15, -0.1) is 0 Å². The van der Waals surface area contributed by atoms with Crippen LogP contribution >= 0.6 is 0 Å². The number of methoxy groups -OCH3 is 2. The predicted molar refractivity (Wildman–Crippen MR) is 111 cm³/mol. The molecule has 2 rings (SSSR count). The third-order valence-corrected chi connectivity index (χ3v) is 3.79. The Morgan fingerprint density at radius 1 is 0.893 bits per heavy atom. The van der Waals surface area contributed by atoms with Gasteiger partial charge in [-0.05, 0) is 35.9 Å². The van der Waals surface area contributed by atoms with Gasteiger partial charge in [0.25, 0.3) is 0 Å². The molecular formula is C23H24O5. The van der Waals surface area contributed by atoms with E-state index in [-0.39, 0.29) is 24.6 Å². The van der Waals surface area contributed by atoms with Crippen molar-refractivity contribution >= 4 is 11.9 Å². The molecule has 0 fully saturated rings. The van der Waals surface area contributed by atoms with Crippen molar-refractivity contribution in [3.8, 4) is 23.0 Å². The second-order valence-electron chi connectivity index (χ2n) is 5.64. The average Bonchev–Trinajstić information content (AvgIpc) is 2.74. The summed E-state index contributed by atoms with van der Waals surface area (Å²) >= 11 is 0. The Labute approximate surface area is 165 Å². The molecule has 0 aliphatic rings. The molecule has 0 N–H and O–H groups in total. The van der Waals surface area contributed by atoms with Crippen molar-refractivity contribution in [1.29, 1.82) is 0 Å². The van der Waals surface area contributed by atoms with Crippen molar-refractivity contribution in [2.24, 2.45) is 0 Å². The minimum Gasteiger partial charge on any atom is -0.497 e. The summed E-state index contributed by atoms with van der Waals surface area (Å²) in [4.78, 5) is 13.0. The lowest BCUT2D eigenvalue weighted by Gasteiger charge is -2.16. The Morgan fingerprint density at radius 2 is 1.54 bits per heavy atom. The van der Waals surface area contributed by atoms with E-state index in [4.69, 9.17) is 18.9 Å². The van der Waals surface area contributed by atoms with E-state index < -0.39 is 0 Å². The fourth-order valence-corrected chi connectivity index (χ4v) is 2.47. The fourth-order valence-electron chi connectivity index (χ4n) is 2.47. The van der Waals surface area contributed by atoms with E-state index in [2.05, 4.69) is 13.2 Å². The molecule has 5 nitrogen and oxygen atoms in total. The summed E-state index contributed by atoms with van der Waals surface area (Å²) in [6, 6.07) is 10.7. The Balaban J connectivity index is 2.40. The average molecular weight is 380 g/mol. The smallest absolute Gasteiger partial charge is 0.193 e. The molecule has 0 aliphatic carbocycles. The largest absolute Gasteiger partial charge is 0.497 e. The first kappa shape index (κ1) is 20.8. The van der Waals surface area contributed by atoms with Gasteiger partial charge in [-0.3, -0.25) is 4.79 Å². The van der Waals surface area contributed by atoms with Crippen LogP contribution in [-0.2, 0) is 0 Å². The van der Waals surface area contributed by atoms with E-state index >= 15 is 0 Å². The van der Waals surface area contributed by atoms with Gasteiger partial charge in [0.15, 0.2) is 17.3 Å². The maximum absolute atomic E-state index is 13.0. The number of carbonyl (C=O) groups excluding carboxylic acids is 1. The van der Waals surface area contributed by atoms with Gasteiger partial charge in [0.05, 0.1) is 14.2 Å². The highest BCUT2D eigenvalue weighted by Gasteiger charge is 2.21. The molecule has 28 heavy (non-hydrogen) atoms. The zero-order chi connectivity index (χ0) is 20.4. The third kappa shape index (κ3) is 5.27. The quantitative estimate of drug-likeness (QED) is 0.320. The highest BCUT2D eigenvalue weighted by atomic mass is 16.5. The van der Waals surface area contributed by atoms with Crippen molar-refractivity contribution in [2.45, 2.75) is 0 Å². The van der Waals surface area contributed by atoms with Crippen LogP contribution in [0.2, 0.25) is 0 Å². The van der Waals surface area contributed by atoms with E-state index in [1.165, 1.54) is 13.2 Å². The van der Waals surface area contributed by atoms with Gasteiger partial charge < -0.3 is 18.9 Å². The molecule has 2 aromatic rings. The van der Waals surface area contributed by atoms with Gasteiger partial charge >= 0.3 is 0 Å². The topological polar surface area (TPSA) is 54.0 Å². The van der Waals surface area contributed by atoms with Crippen molar-refractivity contribution in [3.05, 3.63) is 78.9 Å². The van der Waals surface area contributed by atoms with Crippen LogP contribution in [-0.4, -0.2) is 33.2 Å². The van der Waals surface area contributed by atoms with Gasteiger partial charge in [-0.25, -0.2) is 0 Å². The molecule has 0 saturated heterocycles. The number of rotatable bonds is 11. The molecule has 2 aromatic carbocycles. The summed E-state index contributed by atoms with van der Waals surface area (Å²) in [5, 5.41) is 0. The van der Waals surface area contributed by atoms with Crippen LogP contribution < -0.4 is 18.9 Å². The summed E-state index contributed by atoms with van der Waals surface area (Å²) in [6.45, 7) is 7.80. The highest BCUT2D eigenvalue weighted by molar-refractivity contribution is 6.11. The molecule has 0 heterocycles. The molecule has 0 bridgehead atoms. The van der Waals surface area contributed by atoms with Crippen molar-refractivity contribution in [2.75, 3.05) is 27.4 Å². The summed E-state index contributed by atoms with van der Waals surface area (Å²) in [7, 11) is 3.10. The fraction of sp³-hybridized carbons (Fsp3) is 0.174. The van der Waals surface area contributed by atoms with Gasteiger partial charge in [0, 0.05) is 0 Å². The van der Waals surface area contributed by atoms with Gasteiger partial charge in [0.1, 0.15) is 30.3 Å². The van der Waals surface area contributed by atoms with Gasteiger partial charge in [0.2, 0.25) is 0 Å². The zero-order valence-corrected chi connectivity index (χ0v) is 16.1. The SMILES string of the molecule is C=CCOc1ccc(OC)c(C(=O)/C=C/c2ccc(OC)cc2)c1OCC=C. The summed E-state index contributed by atoms with van der Waals surface area (Å²) in [5.74, 6) is 1.62. The number of ketones is 1. The molecule has 5 heteroatoms. The van der Waals surface area contributed by atoms with E-state index in [1.54, 1.807) is 37.5 Å². The Kier molecular flexibility index (Phi) is 7.91. The second-order valence-corrected chi connectivity index (χ2v) is 5.64. The minimum atomic E-state index is -0.268. The van der Waals surface area contributed by atoms with Crippen LogP contribution in [0.4, 0.5) is 0 Å². The lowest BCUT2D eigenvalue weighted by atomic mass is 10.1. The van der Waals surface area contributed by atoms with Crippen molar-refractivity contribution < 1.29 is 23.7 Å². The number of allylic oxidation sites excluding steroid dienone is 1. The van der Waals surface area contributed by atoms with Crippen LogP contribution in [0.5, 0.6) is 23.0 Å². The van der Waals surface area contributed by atoms with Crippen molar-refractivity contribution in [3.63, 3.8) is 0 Å². The number of benzene rings is 2. The highest BCUT2D eigenvalue weighted by Crippen LogP contribution is 2.38. The molecule has 0 unspecified atom stereocenters. The standard InChI is InChI=1S/C23H24O5/c1-5-15-27-21-14-13-20(26-4)22(23(21)28-16-6-2)19(24)12-9-17-7-10-18(25-3)11-8-17/h5-14H,1-2,15-16H2,3-4H3/b12-9+. The molecule has 0 spiro atoms. The summed E-state index contributed by atoms with van der Waals surface area (Å²) in [5.41, 5.74) is 1.15. The molecule has 0 saturated carbocycles. The normalized spacial score (nSPS) is 10.4. The molecule has 0 aromatic heterocycles. The van der Waals surface area contributed by atoms with E-state index in [9.17, 15) is 4.79 Å². The molecule has 0 amide bonds. The Bertz CT molecular complexity index is 850. The second kappa shape index (κ2) is 10.6. The lowest BCUT2D eigenvalue weighted by molar-refractivity contribution is 0.104. The maximum atomic E-state index is 13.0. The van der Waals surface area contributed by atoms with E-state index in [0.717, 1.165) is 11.3 Å². The molecule has 0 atom stereocenters. The summed E-state index contributed by atoms with van der Waals surface area (Å²) < 4.78 is 21.9. The minimum absolute atomic E-state index is 0.222. The van der Waals surface area contributed by atoms with Gasteiger partial charge in [-0.1, -0.05) is 43.5 Å². The lowest BCUT2D eigenvalue weighted by Crippen LogP contribution is -2.07. The van der Waals surface area contributed by atoms with Crippen LogP contribution in [0, 0.1) is 0 Å². The Morgan fingerprint density at radius 3 is 2.14 bits per heavy atom. The van der Waals surface area contributed by atoms with Crippen LogP contribution in [0.3, 0.4) is 0 Å². The number of ether oxygens (including phenoxy) is 4. The number of hydrogen-bond acceptors (Lipinski definition) is 5. The molecule has 146 valence electrons. The maximum Gasteiger partial charge on any atom is 0.193 e.